The molecule has 2 aromatic rings. The summed E-state index contributed by atoms with van der Waals surface area (Å²) in [7, 11) is 0. The zero-order chi connectivity index (χ0) is 10.3. The Morgan fingerprint density at radius 1 is 1.43 bits per heavy atom. The van der Waals surface area contributed by atoms with Gasteiger partial charge in [-0.1, -0.05) is 0 Å². The van der Waals surface area contributed by atoms with Gasteiger partial charge in [-0.2, -0.15) is 0 Å². The summed E-state index contributed by atoms with van der Waals surface area (Å²) in [4.78, 5) is 21.7. The van der Waals surface area contributed by atoms with Crippen molar-refractivity contribution in [2.75, 3.05) is 0 Å². The van der Waals surface area contributed by atoms with Gasteiger partial charge in [0.25, 0.3) is 0 Å². The van der Waals surface area contributed by atoms with Crippen LogP contribution in [-0.4, -0.2) is 26.0 Å². The normalized spacial score (nSPS) is 10.7. The van der Waals surface area contributed by atoms with Gasteiger partial charge in [0.1, 0.15) is 17.2 Å². The van der Waals surface area contributed by atoms with E-state index in [1.54, 1.807) is 13.0 Å². The van der Waals surface area contributed by atoms with Gasteiger partial charge >= 0.3 is 5.97 Å². The van der Waals surface area contributed by atoms with Gasteiger partial charge in [-0.05, 0) is 19.9 Å². The maximum absolute atomic E-state index is 10.7. The molecule has 14 heavy (non-hydrogen) atoms. The Bertz CT molecular complexity index is 516. The van der Waals surface area contributed by atoms with Crippen molar-refractivity contribution in [3.8, 4) is 0 Å². The highest BCUT2D eigenvalue weighted by Gasteiger charge is 2.10. The number of carbonyl (C=O) groups is 1. The maximum Gasteiger partial charge on any atom is 0.352 e. The Balaban J connectivity index is 2.76. The summed E-state index contributed by atoms with van der Waals surface area (Å²) in [5, 5.41) is 9.52. The first-order valence-corrected chi connectivity index (χ1v) is 4.15. The molecular weight excluding hydrogens is 182 g/mol. The quantitative estimate of drug-likeness (QED) is 0.711. The van der Waals surface area contributed by atoms with Gasteiger partial charge in [-0.3, -0.25) is 0 Å². The molecule has 0 bridgehead atoms. The van der Waals surface area contributed by atoms with Gasteiger partial charge < -0.3 is 10.1 Å². The van der Waals surface area contributed by atoms with Crippen molar-refractivity contribution >= 4 is 17.0 Å². The van der Waals surface area contributed by atoms with Crippen molar-refractivity contribution < 1.29 is 9.90 Å². The van der Waals surface area contributed by atoms with Crippen LogP contribution in [0.15, 0.2) is 6.07 Å². The zero-order valence-electron chi connectivity index (χ0n) is 7.83. The van der Waals surface area contributed by atoms with E-state index < -0.39 is 5.97 Å². The number of nitrogens with zero attached hydrogens (tertiary/aromatic N) is 2. The smallest absolute Gasteiger partial charge is 0.352 e. The molecule has 0 unspecified atom stereocenters. The number of fused-ring (bicyclic) bond motifs is 1. The molecule has 0 saturated carbocycles. The summed E-state index contributed by atoms with van der Waals surface area (Å²) in [6.07, 6.45) is 0. The Morgan fingerprint density at radius 3 is 2.79 bits per heavy atom. The standard InChI is InChI=1S/C9H9N3O2/c1-4-6-3-7(9(13)14)12-8(6)11-5(2)10-4/h3H,1-2H3,(H,13,14)(H,10,11,12). The Labute approximate surface area is 79.8 Å². The molecule has 0 spiro atoms. The third kappa shape index (κ3) is 1.22. The SMILES string of the molecule is Cc1nc(C)c2cc(C(=O)O)[nH]c2n1. The molecule has 2 heterocycles. The van der Waals surface area contributed by atoms with E-state index in [2.05, 4.69) is 15.0 Å². The van der Waals surface area contributed by atoms with E-state index in [0.717, 1.165) is 11.1 Å². The fourth-order valence-electron chi connectivity index (χ4n) is 1.41. The zero-order valence-corrected chi connectivity index (χ0v) is 7.83. The topological polar surface area (TPSA) is 78.9 Å². The molecule has 0 aliphatic rings. The van der Waals surface area contributed by atoms with Crippen LogP contribution in [0, 0.1) is 13.8 Å². The number of rotatable bonds is 1. The molecule has 2 rings (SSSR count). The predicted octanol–water partition coefficient (Wildman–Crippen LogP) is 1.27. The molecule has 2 aromatic heterocycles. The Kier molecular flexibility index (Phi) is 1.73. The third-order valence-electron chi connectivity index (χ3n) is 2.02. The number of hydrogen-bond acceptors (Lipinski definition) is 3. The van der Waals surface area contributed by atoms with Crippen molar-refractivity contribution in [3.05, 3.63) is 23.3 Å². The maximum atomic E-state index is 10.7. The van der Waals surface area contributed by atoms with Gasteiger partial charge in [-0.15, -0.1) is 0 Å². The van der Waals surface area contributed by atoms with Crippen molar-refractivity contribution in [3.63, 3.8) is 0 Å². The van der Waals surface area contributed by atoms with Crippen LogP contribution in [0.2, 0.25) is 0 Å². The second kappa shape index (κ2) is 2.80. The van der Waals surface area contributed by atoms with Gasteiger partial charge in [-0.25, -0.2) is 14.8 Å². The molecule has 0 radical (unpaired) electrons. The van der Waals surface area contributed by atoms with Gasteiger partial charge in [0.05, 0.1) is 5.69 Å². The van der Waals surface area contributed by atoms with Crippen molar-refractivity contribution in [2.24, 2.45) is 0 Å². The first-order valence-electron chi connectivity index (χ1n) is 4.15. The average Bonchev–Trinajstić information content (AvgIpc) is 2.47. The lowest BCUT2D eigenvalue weighted by Crippen LogP contribution is -1.95. The molecular formula is C9H9N3O2. The van der Waals surface area contributed by atoms with Crippen LogP contribution < -0.4 is 0 Å². The highest BCUT2D eigenvalue weighted by atomic mass is 16.4. The van der Waals surface area contributed by atoms with Gasteiger partial charge in [0, 0.05) is 5.39 Å². The molecule has 5 heteroatoms. The number of carboxylic acid groups (broad SMARTS) is 1. The summed E-state index contributed by atoms with van der Waals surface area (Å²) in [5.74, 6) is -0.353. The highest BCUT2D eigenvalue weighted by molar-refractivity contribution is 5.93. The summed E-state index contributed by atoms with van der Waals surface area (Å²) >= 11 is 0. The monoisotopic (exact) mass is 191 g/mol. The molecule has 72 valence electrons. The summed E-state index contributed by atoms with van der Waals surface area (Å²) in [6, 6.07) is 1.55. The average molecular weight is 191 g/mol. The molecule has 0 amide bonds. The van der Waals surface area contributed by atoms with Crippen molar-refractivity contribution in [2.45, 2.75) is 13.8 Å². The van der Waals surface area contributed by atoms with Crippen LogP contribution in [0.1, 0.15) is 22.0 Å². The summed E-state index contributed by atoms with van der Waals surface area (Å²) < 4.78 is 0. The molecule has 0 aliphatic carbocycles. The minimum Gasteiger partial charge on any atom is -0.477 e. The van der Waals surface area contributed by atoms with Crippen LogP contribution >= 0.6 is 0 Å². The van der Waals surface area contributed by atoms with Crippen LogP contribution in [0.25, 0.3) is 11.0 Å². The number of aryl methyl sites for hydroxylation is 2. The summed E-state index contributed by atoms with van der Waals surface area (Å²) in [5.41, 5.74) is 1.51. The second-order valence-corrected chi connectivity index (χ2v) is 3.11. The Morgan fingerprint density at radius 2 is 2.14 bits per heavy atom. The Hall–Kier alpha value is -1.91. The molecule has 5 nitrogen and oxygen atoms in total. The number of carboxylic acids is 1. The lowest BCUT2D eigenvalue weighted by molar-refractivity contribution is 0.0691. The highest BCUT2D eigenvalue weighted by Crippen LogP contribution is 2.16. The molecule has 0 atom stereocenters. The number of aromatic carboxylic acids is 1. The van der Waals surface area contributed by atoms with E-state index in [-0.39, 0.29) is 5.69 Å². The fraction of sp³-hybridized carbons (Fsp3) is 0.222. The van der Waals surface area contributed by atoms with Gasteiger partial charge in [0.15, 0.2) is 0 Å². The van der Waals surface area contributed by atoms with E-state index in [1.165, 1.54) is 0 Å². The number of H-pyrrole nitrogens is 1. The number of hydrogen-bond donors (Lipinski definition) is 2. The van der Waals surface area contributed by atoms with Crippen molar-refractivity contribution in [1.29, 1.82) is 0 Å². The second-order valence-electron chi connectivity index (χ2n) is 3.11. The third-order valence-corrected chi connectivity index (χ3v) is 2.02. The van der Waals surface area contributed by atoms with E-state index in [1.807, 2.05) is 6.92 Å². The van der Waals surface area contributed by atoms with Crippen LogP contribution in [0.3, 0.4) is 0 Å². The van der Waals surface area contributed by atoms with Crippen LogP contribution in [-0.2, 0) is 0 Å². The molecule has 0 aliphatic heterocycles. The molecule has 2 N–H and O–H groups in total. The number of aromatic nitrogens is 3. The predicted molar refractivity (Wildman–Crippen MR) is 50.3 cm³/mol. The largest absolute Gasteiger partial charge is 0.477 e. The minimum atomic E-state index is -0.986. The number of nitrogens with one attached hydrogen (secondary N) is 1. The van der Waals surface area contributed by atoms with Crippen LogP contribution in [0.5, 0.6) is 0 Å². The lowest BCUT2D eigenvalue weighted by Gasteiger charge is -1.95. The fourth-order valence-corrected chi connectivity index (χ4v) is 1.41. The molecule has 0 fully saturated rings. The van der Waals surface area contributed by atoms with Gasteiger partial charge in [0.2, 0.25) is 0 Å². The molecule has 0 saturated heterocycles. The van der Waals surface area contributed by atoms with E-state index in [9.17, 15) is 4.79 Å². The lowest BCUT2D eigenvalue weighted by atomic mass is 10.3. The number of aromatic amines is 1. The van der Waals surface area contributed by atoms with Crippen molar-refractivity contribution in [1.82, 2.24) is 15.0 Å². The van der Waals surface area contributed by atoms with E-state index in [4.69, 9.17) is 5.11 Å². The molecule has 0 aromatic carbocycles. The summed E-state index contributed by atoms with van der Waals surface area (Å²) in [6.45, 7) is 3.60. The minimum absolute atomic E-state index is 0.142. The first-order chi connectivity index (χ1) is 6.58. The van der Waals surface area contributed by atoms with Crippen LogP contribution in [0.4, 0.5) is 0 Å². The van der Waals surface area contributed by atoms with E-state index in [0.29, 0.717) is 11.5 Å². The first kappa shape index (κ1) is 8.68. The van der Waals surface area contributed by atoms with E-state index >= 15 is 0 Å².